The Balaban J connectivity index is 2.27. The summed E-state index contributed by atoms with van der Waals surface area (Å²) in [5, 5.41) is 18.9. The molecular formula is C15H10N2O. The van der Waals surface area contributed by atoms with Crippen molar-refractivity contribution in [1.82, 2.24) is 0 Å². The van der Waals surface area contributed by atoms with Crippen LogP contribution in [-0.2, 0) is 0 Å². The molecule has 18 heavy (non-hydrogen) atoms. The van der Waals surface area contributed by atoms with Gasteiger partial charge in [0, 0.05) is 0 Å². The van der Waals surface area contributed by atoms with Crippen LogP contribution in [0.4, 0.5) is 5.69 Å². The Kier molecular flexibility index (Phi) is 3.38. The molecule has 1 atom stereocenters. The van der Waals surface area contributed by atoms with E-state index in [0.29, 0.717) is 11.3 Å². The molecule has 1 N–H and O–H groups in total. The zero-order valence-electron chi connectivity index (χ0n) is 9.54. The predicted octanol–water partition coefficient (Wildman–Crippen LogP) is 3.19. The summed E-state index contributed by atoms with van der Waals surface area (Å²) in [6.45, 7) is 6.86. The van der Waals surface area contributed by atoms with Gasteiger partial charge in [-0.15, -0.1) is 0 Å². The van der Waals surface area contributed by atoms with Crippen molar-refractivity contribution in [1.29, 1.82) is 5.26 Å². The topological polar surface area (TPSA) is 48.4 Å². The smallest absolute Gasteiger partial charge is 0.187 e. The Hall–Kier alpha value is -2.62. The lowest BCUT2D eigenvalue weighted by molar-refractivity contribution is 0.220. The Morgan fingerprint density at radius 2 is 1.50 bits per heavy atom. The lowest BCUT2D eigenvalue weighted by Crippen LogP contribution is -1.99. The molecular weight excluding hydrogens is 224 g/mol. The minimum absolute atomic E-state index is 0.547. The highest BCUT2D eigenvalue weighted by atomic mass is 16.3. The van der Waals surface area contributed by atoms with E-state index in [-0.39, 0.29) is 0 Å². The molecule has 0 amide bonds. The molecule has 0 aliphatic carbocycles. The van der Waals surface area contributed by atoms with Gasteiger partial charge in [0.2, 0.25) is 0 Å². The lowest BCUT2D eigenvalue weighted by atomic mass is 10.0. The molecule has 2 rings (SSSR count). The van der Waals surface area contributed by atoms with Gasteiger partial charge in [-0.25, -0.2) is 4.85 Å². The largest absolute Gasteiger partial charge is 0.384 e. The van der Waals surface area contributed by atoms with Crippen LogP contribution in [0.2, 0.25) is 0 Å². The predicted molar refractivity (Wildman–Crippen MR) is 67.9 cm³/mol. The molecule has 0 heterocycles. The van der Waals surface area contributed by atoms with Crippen molar-refractivity contribution in [2.45, 2.75) is 6.10 Å². The van der Waals surface area contributed by atoms with E-state index in [2.05, 4.69) is 4.85 Å². The summed E-state index contributed by atoms with van der Waals surface area (Å²) in [5.74, 6) is 0. The first-order valence-electron chi connectivity index (χ1n) is 5.40. The van der Waals surface area contributed by atoms with Crippen LogP contribution in [0.3, 0.4) is 0 Å². The highest BCUT2D eigenvalue weighted by Gasteiger charge is 2.09. The first kappa shape index (κ1) is 11.9. The number of aliphatic hydroxyl groups excluding tert-OH is 1. The van der Waals surface area contributed by atoms with Crippen LogP contribution in [0.5, 0.6) is 0 Å². The maximum absolute atomic E-state index is 10.2. The average molecular weight is 234 g/mol. The van der Waals surface area contributed by atoms with E-state index in [4.69, 9.17) is 11.8 Å². The van der Waals surface area contributed by atoms with Crippen LogP contribution in [0.25, 0.3) is 4.85 Å². The zero-order chi connectivity index (χ0) is 13.0. The quantitative estimate of drug-likeness (QED) is 0.811. The second kappa shape index (κ2) is 5.14. The molecule has 3 heteroatoms. The van der Waals surface area contributed by atoms with Gasteiger partial charge < -0.3 is 5.11 Å². The van der Waals surface area contributed by atoms with Crippen molar-refractivity contribution in [3.8, 4) is 6.07 Å². The molecule has 0 spiro atoms. The first-order chi connectivity index (χ1) is 8.74. The van der Waals surface area contributed by atoms with Crippen LogP contribution in [-0.4, -0.2) is 5.11 Å². The molecule has 3 nitrogen and oxygen atoms in total. The van der Waals surface area contributed by atoms with Gasteiger partial charge in [0.1, 0.15) is 6.10 Å². The first-order valence-corrected chi connectivity index (χ1v) is 5.40. The summed E-state index contributed by atoms with van der Waals surface area (Å²) in [6.07, 6.45) is -0.738. The molecule has 86 valence electrons. The molecule has 0 fully saturated rings. The maximum Gasteiger partial charge on any atom is 0.187 e. The second-order valence-corrected chi connectivity index (χ2v) is 3.84. The Bertz CT molecular complexity index is 558. The average Bonchev–Trinajstić information content (AvgIpc) is 2.47. The van der Waals surface area contributed by atoms with Gasteiger partial charge in [-0.2, -0.15) is 5.26 Å². The van der Waals surface area contributed by atoms with E-state index in [1.54, 1.807) is 48.5 Å². The molecule has 2 aromatic carbocycles. The molecule has 0 aromatic heterocycles. The van der Waals surface area contributed by atoms with Gasteiger partial charge in [-0.05, 0) is 23.3 Å². The molecule has 0 saturated carbocycles. The highest BCUT2D eigenvalue weighted by molar-refractivity contribution is 5.47. The van der Waals surface area contributed by atoms with Crippen molar-refractivity contribution < 1.29 is 5.11 Å². The third-order valence-electron chi connectivity index (χ3n) is 2.69. The van der Waals surface area contributed by atoms with Crippen molar-refractivity contribution in [3.63, 3.8) is 0 Å². The number of benzene rings is 2. The summed E-state index contributed by atoms with van der Waals surface area (Å²) in [7, 11) is 0. The lowest BCUT2D eigenvalue weighted by Gasteiger charge is -2.11. The standard InChI is InChI=1S/C15H10N2O/c1-17-14-8-6-13(7-9-14)15(18)12-4-2-11(10-16)3-5-12/h2-9,15,18H. The van der Waals surface area contributed by atoms with Gasteiger partial charge in [-0.1, -0.05) is 36.4 Å². The molecule has 0 radical (unpaired) electrons. The third kappa shape index (κ3) is 2.38. The van der Waals surface area contributed by atoms with Crippen LogP contribution in [0.1, 0.15) is 22.8 Å². The van der Waals surface area contributed by atoms with E-state index in [1.165, 1.54) is 0 Å². The fourth-order valence-electron chi connectivity index (χ4n) is 1.66. The van der Waals surface area contributed by atoms with Crippen molar-refractivity contribution >= 4 is 5.69 Å². The zero-order valence-corrected chi connectivity index (χ0v) is 9.54. The van der Waals surface area contributed by atoms with Crippen LogP contribution in [0, 0.1) is 17.9 Å². The molecule has 0 aliphatic rings. The van der Waals surface area contributed by atoms with Crippen LogP contribution in [0.15, 0.2) is 48.5 Å². The van der Waals surface area contributed by atoms with Crippen molar-refractivity contribution in [2.75, 3.05) is 0 Å². The van der Waals surface area contributed by atoms with Crippen LogP contribution >= 0.6 is 0 Å². The summed E-state index contributed by atoms with van der Waals surface area (Å²) in [6, 6.07) is 15.7. The Labute approximate surface area is 105 Å². The number of rotatable bonds is 2. The minimum Gasteiger partial charge on any atom is -0.384 e. The van der Waals surface area contributed by atoms with Gasteiger partial charge in [0.25, 0.3) is 0 Å². The van der Waals surface area contributed by atoms with Gasteiger partial charge >= 0.3 is 0 Å². The summed E-state index contributed by atoms with van der Waals surface area (Å²) < 4.78 is 0. The summed E-state index contributed by atoms with van der Waals surface area (Å²) in [4.78, 5) is 3.30. The SMILES string of the molecule is [C-]#[N+]c1ccc(C(O)c2ccc(C#N)cc2)cc1. The van der Waals surface area contributed by atoms with E-state index in [9.17, 15) is 5.11 Å². The fraction of sp³-hybridized carbons (Fsp3) is 0.0667. The van der Waals surface area contributed by atoms with Gasteiger partial charge in [0.05, 0.1) is 18.2 Å². The van der Waals surface area contributed by atoms with E-state index < -0.39 is 6.10 Å². The molecule has 0 aliphatic heterocycles. The Morgan fingerprint density at radius 3 is 1.94 bits per heavy atom. The van der Waals surface area contributed by atoms with Crippen molar-refractivity contribution in [2.24, 2.45) is 0 Å². The molecule has 1 unspecified atom stereocenters. The highest BCUT2D eigenvalue weighted by Crippen LogP contribution is 2.24. The molecule has 2 aromatic rings. The van der Waals surface area contributed by atoms with Gasteiger partial charge in [0.15, 0.2) is 5.69 Å². The summed E-state index contributed by atoms with van der Waals surface area (Å²) >= 11 is 0. The number of nitrogens with zero attached hydrogens (tertiary/aromatic N) is 2. The third-order valence-corrected chi connectivity index (χ3v) is 2.69. The normalized spacial score (nSPS) is 11.3. The molecule has 0 bridgehead atoms. The minimum atomic E-state index is -0.738. The number of aliphatic hydroxyl groups is 1. The fourth-order valence-corrected chi connectivity index (χ4v) is 1.66. The van der Waals surface area contributed by atoms with E-state index in [1.807, 2.05) is 6.07 Å². The van der Waals surface area contributed by atoms with E-state index >= 15 is 0 Å². The second-order valence-electron chi connectivity index (χ2n) is 3.84. The van der Waals surface area contributed by atoms with E-state index in [0.717, 1.165) is 11.1 Å². The Morgan fingerprint density at radius 1 is 1.00 bits per heavy atom. The number of hydrogen-bond donors (Lipinski definition) is 1. The maximum atomic E-state index is 10.2. The number of nitriles is 1. The van der Waals surface area contributed by atoms with Gasteiger partial charge in [-0.3, -0.25) is 0 Å². The monoisotopic (exact) mass is 234 g/mol. The van der Waals surface area contributed by atoms with Crippen molar-refractivity contribution in [3.05, 3.63) is 76.6 Å². The molecule has 0 saturated heterocycles. The number of hydrogen-bond acceptors (Lipinski definition) is 2. The van der Waals surface area contributed by atoms with Crippen LogP contribution < -0.4 is 0 Å². The summed E-state index contributed by atoms with van der Waals surface area (Å²) in [5.41, 5.74) is 2.57.